The highest BCUT2D eigenvalue weighted by atomic mass is 35.5. The Morgan fingerprint density at radius 1 is 0.941 bits per heavy atom. The molecule has 0 aliphatic carbocycles. The summed E-state index contributed by atoms with van der Waals surface area (Å²) in [5.41, 5.74) is 8.51. The Labute approximate surface area is 110 Å². The molecule has 2 nitrogen and oxygen atoms in total. The van der Waals surface area contributed by atoms with Crippen molar-refractivity contribution >= 4 is 34.6 Å². The van der Waals surface area contributed by atoms with E-state index in [-0.39, 0.29) is 0 Å². The molecule has 3 N–H and O–H groups in total. The van der Waals surface area contributed by atoms with Gasteiger partial charge in [-0.25, -0.2) is 0 Å². The number of hydrogen-bond donors (Lipinski definition) is 2. The second-order valence-electron chi connectivity index (χ2n) is 3.71. The van der Waals surface area contributed by atoms with E-state index in [1.165, 1.54) is 0 Å². The van der Waals surface area contributed by atoms with Gasteiger partial charge in [0.25, 0.3) is 0 Å². The summed E-state index contributed by atoms with van der Waals surface area (Å²) in [6.07, 6.45) is 0. The Balaban J connectivity index is 2.04. The van der Waals surface area contributed by atoms with Crippen molar-refractivity contribution in [3.8, 4) is 0 Å². The normalized spacial score (nSPS) is 10.2. The van der Waals surface area contributed by atoms with Gasteiger partial charge in [-0.15, -0.1) is 0 Å². The monoisotopic (exact) mass is 266 g/mol. The van der Waals surface area contributed by atoms with Crippen LogP contribution >= 0.6 is 23.2 Å². The van der Waals surface area contributed by atoms with Crippen LogP contribution in [0, 0.1) is 0 Å². The molecule has 0 unspecified atom stereocenters. The molecule has 0 spiro atoms. The van der Waals surface area contributed by atoms with E-state index < -0.39 is 0 Å². The second kappa shape index (κ2) is 5.30. The molecule has 88 valence electrons. The maximum atomic E-state index is 5.84. The fourth-order valence-corrected chi connectivity index (χ4v) is 1.80. The summed E-state index contributed by atoms with van der Waals surface area (Å²) in [6.45, 7) is 0.697. The van der Waals surface area contributed by atoms with Crippen molar-refractivity contribution in [2.75, 3.05) is 11.1 Å². The third kappa shape index (κ3) is 3.29. The summed E-state index contributed by atoms with van der Waals surface area (Å²) in [5.74, 6) is 0. The molecule has 0 aliphatic heterocycles. The molecule has 2 rings (SSSR count). The van der Waals surface area contributed by atoms with E-state index >= 15 is 0 Å². The van der Waals surface area contributed by atoms with Crippen LogP contribution < -0.4 is 11.1 Å². The van der Waals surface area contributed by atoms with E-state index in [0.717, 1.165) is 16.3 Å². The fourth-order valence-electron chi connectivity index (χ4n) is 1.49. The quantitative estimate of drug-likeness (QED) is 0.818. The number of nitrogen functional groups attached to an aromatic ring is 1. The van der Waals surface area contributed by atoms with E-state index in [2.05, 4.69) is 5.32 Å². The second-order valence-corrected chi connectivity index (χ2v) is 4.58. The largest absolute Gasteiger partial charge is 0.397 e. The van der Waals surface area contributed by atoms with Crippen LogP contribution in [0.5, 0.6) is 0 Å². The molecule has 0 saturated carbocycles. The first-order valence-corrected chi connectivity index (χ1v) is 5.94. The molecule has 0 aliphatic rings. The van der Waals surface area contributed by atoms with Crippen molar-refractivity contribution < 1.29 is 0 Å². The summed E-state index contributed by atoms with van der Waals surface area (Å²) in [6, 6.07) is 13.1. The van der Waals surface area contributed by atoms with Gasteiger partial charge in [0.15, 0.2) is 0 Å². The lowest BCUT2D eigenvalue weighted by atomic mass is 10.2. The summed E-state index contributed by atoms with van der Waals surface area (Å²) in [4.78, 5) is 0. The van der Waals surface area contributed by atoms with Crippen molar-refractivity contribution in [3.05, 3.63) is 58.1 Å². The van der Waals surface area contributed by atoms with Crippen LogP contribution in [-0.2, 0) is 6.54 Å². The lowest BCUT2D eigenvalue weighted by Crippen LogP contribution is -2.02. The molecule has 0 heterocycles. The van der Waals surface area contributed by atoms with Gasteiger partial charge in [-0.05, 0) is 35.9 Å². The fraction of sp³-hybridized carbons (Fsp3) is 0.0769. The molecule has 4 heteroatoms. The number of halogens is 2. The summed E-state index contributed by atoms with van der Waals surface area (Å²) < 4.78 is 0. The van der Waals surface area contributed by atoms with E-state index in [4.69, 9.17) is 28.9 Å². The Morgan fingerprint density at radius 3 is 2.24 bits per heavy atom. The Morgan fingerprint density at radius 2 is 1.59 bits per heavy atom. The summed E-state index contributed by atoms with van der Waals surface area (Å²) in [7, 11) is 0. The lowest BCUT2D eigenvalue weighted by molar-refractivity contribution is 1.15. The van der Waals surface area contributed by atoms with Crippen LogP contribution in [0.25, 0.3) is 0 Å². The third-order valence-electron chi connectivity index (χ3n) is 2.41. The topological polar surface area (TPSA) is 38.0 Å². The molecular formula is C13H12Cl2N2. The molecule has 2 aromatic carbocycles. The predicted octanol–water partition coefficient (Wildman–Crippen LogP) is 4.19. The molecule has 0 aromatic heterocycles. The molecule has 0 atom stereocenters. The zero-order valence-corrected chi connectivity index (χ0v) is 10.6. The minimum Gasteiger partial charge on any atom is -0.397 e. The zero-order chi connectivity index (χ0) is 12.3. The molecule has 0 amide bonds. The van der Waals surface area contributed by atoms with Crippen molar-refractivity contribution in [2.24, 2.45) is 0 Å². The maximum Gasteiger partial charge on any atom is 0.0577 e. The first-order chi connectivity index (χ1) is 8.15. The highest BCUT2D eigenvalue weighted by molar-refractivity contribution is 6.31. The predicted molar refractivity (Wildman–Crippen MR) is 74.6 cm³/mol. The van der Waals surface area contributed by atoms with E-state index in [0.29, 0.717) is 17.3 Å². The Kier molecular flexibility index (Phi) is 3.77. The summed E-state index contributed by atoms with van der Waals surface area (Å²) >= 11 is 11.6. The molecule has 0 fully saturated rings. The van der Waals surface area contributed by atoms with Crippen molar-refractivity contribution in [1.82, 2.24) is 0 Å². The highest BCUT2D eigenvalue weighted by Gasteiger charge is 1.99. The number of anilines is 2. The molecule has 17 heavy (non-hydrogen) atoms. The maximum absolute atomic E-state index is 5.84. The van der Waals surface area contributed by atoms with Crippen LogP contribution in [0.15, 0.2) is 42.5 Å². The minimum atomic E-state index is 0.638. The van der Waals surface area contributed by atoms with Crippen LogP contribution in [0.1, 0.15) is 5.56 Å². The van der Waals surface area contributed by atoms with Gasteiger partial charge in [-0.1, -0.05) is 35.3 Å². The van der Waals surface area contributed by atoms with E-state index in [1.54, 1.807) is 6.07 Å². The highest BCUT2D eigenvalue weighted by Crippen LogP contribution is 2.23. The molecule has 0 bridgehead atoms. The smallest absolute Gasteiger partial charge is 0.0577 e. The molecule has 0 saturated heterocycles. The Hall–Kier alpha value is -1.38. The molecule has 0 radical (unpaired) electrons. The van der Waals surface area contributed by atoms with Gasteiger partial charge < -0.3 is 11.1 Å². The minimum absolute atomic E-state index is 0.638. The van der Waals surface area contributed by atoms with Gasteiger partial charge in [0.05, 0.1) is 11.4 Å². The van der Waals surface area contributed by atoms with Crippen molar-refractivity contribution in [1.29, 1.82) is 0 Å². The van der Waals surface area contributed by atoms with Crippen LogP contribution in [-0.4, -0.2) is 0 Å². The average Bonchev–Trinajstić information content (AvgIpc) is 2.30. The first-order valence-electron chi connectivity index (χ1n) is 5.18. The van der Waals surface area contributed by atoms with E-state index in [1.807, 2.05) is 36.4 Å². The van der Waals surface area contributed by atoms with Crippen LogP contribution in [0.2, 0.25) is 10.0 Å². The van der Waals surface area contributed by atoms with E-state index in [9.17, 15) is 0 Å². The number of hydrogen-bond acceptors (Lipinski definition) is 2. The van der Waals surface area contributed by atoms with Crippen molar-refractivity contribution in [2.45, 2.75) is 6.54 Å². The first kappa shape index (κ1) is 12.1. The SMILES string of the molecule is Nc1cc(Cl)ccc1NCc1ccc(Cl)cc1. The van der Waals surface area contributed by atoms with Gasteiger partial charge in [-0.3, -0.25) is 0 Å². The summed E-state index contributed by atoms with van der Waals surface area (Å²) in [5, 5.41) is 4.62. The van der Waals surface area contributed by atoms with Gasteiger partial charge in [0.2, 0.25) is 0 Å². The average molecular weight is 267 g/mol. The van der Waals surface area contributed by atoms with Gasteiger partial charge in [0.1, 0.15) is 0 Å². The number of nitrogens with two attached hydrogens (primary N) is 1. The molecule has 2 aromatic rings. The third-order valence-corrected chi connectivity index (χ3v) is 2.90. The zero-order valence-electron chi connectivity index (χ0n) is 9.08. The number of nitrogens with one attached hydrogen (secondary N) is 1. The lowest BCUT2D eigenvalue weighted by Gasteiger charge is -2.09. The number of rotatable bonds is 3. The van der Waals surface area contributed by atoms with Gasteiger partial charge in [0, 0.05) is 16.6 Å². The standard InChI is InChI=1S/C13H12Cl2N2/c14-10-3-1-9(2-4-10)8-17-13-6-5-11(15)7-12(13)16/h1-7,17H,8,16H2. The van der Waals surface area contributed by atoms with Gasteiger partial charge in [-0.2, -0.15) is 0 Å². The van der Waals surface area contributed by atoms with Crippen LogP contribution in [0.3, 0.4) is 0 Å². The van der Waals surface area contributed by atoms with Crippen molar-refractivity contribution in [3.63, 3.8) is 0 Å². The Bertz CT molecular complexity index is 509. The number of benzene rings is 2. The van der Waals surface area contributed by atoms with Crippen LogP contribution in [0.4, 0.5) is 11.4 Å². The molecular weight excluding hydrogens is 255 g/mol. The van der Waals surface area contributed by atoms with Gasteiger partial charge >= 0.3 is 0 Å².